The fraction of sp³-hybridized carbons (Fsp3) is 0.933. The number of rotatable bonds is 4. The molecule has 4 heteroatoms. The first-order valence-electron chi connectivity index (χ1n) is 7.75. The second-order valence-electron chi connectivity index (χ2n) is 6.67. The predicted octanol–water partition coefficient (Wildman–Crippen LogP) is 1.35. The summed E-state index contributed by atoms with van der Waals surface area (Å²) in [5.41, 5.74) is 5.72. The van der Waals surface area contributed by atoms with Crippen LogP contribution >= 0.6 is 0 Å². The standard InChI is InChI=1S/C15H29N3O/c1-10(2)14(9-16)15(19)17-11-7-12-5-4-6-13(8-11)18(12)3/h10-14H,4-9,16H2,1-3H3,(H,17,19). The molecule has 0 aromatic rings. The Morgan fingerprint density at radius 3 is 2.37 bits per heavy atom. The van der Waals surface area contributed by atoms with Crippen molar-refractivity contribution in [2.45, 2.75) is 64.1 Å². The first-order valence-corrected chi connectivity index (χ1v) is 7.75. The van der Waals surface area contributed by atoms with Gasteiger partial charge in [0, 0.05) is 24.7 Å². The molecule has 0 spiro atoms. The smallest absolute Gasteiger partial charge is 0.224 e. The van der Waals surface area contributed by atoms with E-state index in [1.54, 1.807) is 0 Å². The molecule has 110 valence electrons. The van der Waals surface area contributed by atoms with Crippen molar-refractivity contribution < 1.29 is 4.79 Å². The number of hydrogen-bond donors (Lipinski definition) is 2. The van der Waals surface area contributed by atoms with Gasteiger partial charge in [0.05, 0.1) is 5.92 Å². The summed E-state index contributed by atoms with van der Waals surface area (Å²) >= 11 is 0. The van der Waals surface area contributed by atoms with Crippen LogP contribution in [0.3, 0.4) is 0 Å². The van der Waals surface area contributed by atoms with Crippen LogP contribution in [-0.4, -0.2) is 42.5 Å². The van der Waals surface area contributed by atoms with Crippen LogP contribution in [0.4, 0.5) is 0 Å². The summed E-state index contributed by atoms with van der Waals surface area (Å²) < 4.78 is 0. The number of carbonyl (C=O) groups is 1. The molecule has 2 rings (SSSR count). The Morgan fingerprint density at radius 1 is 1.32 bits per heavy atom. The minimum absolute atomic E-state index is 0.0421. The van der Waals surface area contributed by atoms with Gasteiger partial charge in [-0.05, 0) is 38.6 Å². The molecule has 1 amide bonds. The van der Waals surface area contributed by atoms with Crippen LogP contribution in [0.15, 0.2) is 0 Å². The summed E-state index contributed by atoms with van der Waals surface area (Å²) in [6.07, 6.45) is 6.12. The van der Waals surface area contributed by atoms with E-state index in [4.69, 9.17) is 5.73 Å². The van der Waals surface area contributed by atoms with Gasteiger partial charge < -0.3 is 16.0 Å². The van der Waals surface area contributed by atoms with Gasteiger partial charge in [-0.3, -0.25) is 4.79 Å². The Balaban J connectivity index is 1.91. The van der Waals surface area contributed by atoms with Crippen molar-refractivity contribution in [2.75, 3.05) is 13.6 Å². The zero-order chi connectivity index (χ0) is 14.0. The summed E-state index contributed by atoms with van der Waals surface area (Å²) in [7, 11) is 2.24. The lowest BCUT2D eigenvalue weighted by molar-refractivity contribution is -0.127. The molecule has 2 aliphatic heterocycles. The van der Waals surface area contributed by atoms with E-state index in [9.17, 15) is 4.79 Å². The van der Waals surface area contributed by atoms with E-state index in [0.717, 1.165) is 12.8 Å². The van der Waals surface area contributed by atoms with E-state index in [-0.39, 0.29) is 11.8 Å². The zero-order valence-electron chi connectivity index (χ0n) is 12.6. The highest BCUT2D eigenvalue weighted by Gasteiger charge is 2.37. The highest BCUT2D eigenvalue weighted by Crippen LogP contribution is 2.32. The Bertz CT molecular complexity index is 305. The van der Waals surface area contributed by atoms with Crippen molar-refractivity contribution in [3.05, 3.63) is 0 Å². The molecule has 3 N–H and O–H groups in total. The molecule has 0 saturated carbocycles. The highest BCUT2D eigenvalue weighted by atomic mass is 16.2. The highest BCUT2D eigenvalue weighted by molar-refractivity contribution is 5.79. The third-order valence-corrected chi connectivity index (χ3v) is 5.08. The molecule has 3 atom stereocenters. The van der Waals surface area contributed by atoms with Crippen LogP contribution < -0.4 is 11.1 Å². The summed E-state index contributed by atoms with van der Waals surface area (Å²) in [5.74, 6) is 0.431. The number of carbonyl (C=O) groups excluding carboxylic acids is 1. The number of amides is 1. The van der Waals surface area contributed by atoms with Crippen LogP contribution in [0.2, 0.25) is 0 Å². The van der Waals surface area contributed by atoms with E-state index in [2.05, 4.69) is 31.1 Å². The van der Waals surface area contributed by atoms with E-state index >= 15 is 0 Å². The van der Waals surface area contributed by atoms with Crippen molar-refractivity contribution in [1.82, 2.24) is 10.2 Å². The zero-order valence-corrected chi connectivity index (χ0v) is 12.6. The van der Waals surface area contributed by atoms with Crippen molar-refractivity contribution in [2.24, 2.45) is 17.6 Å². The molecule has 2 aliphatic rings. The Hall–Kier alpha value is -0.610. The molecule has 4 nitrogen and oxygen atoms in total. The number of nitrogens with zero attached hydrogens (tertiary/aromatic N) is 1. The minimum Gasteiger partial charge on any atom is -0.353 e. The summed E-state index contributed by atoms with van der Waals surface area (Å²) in [6.45, 7) is 4.59. The third-order valence-electron chi connectivity index (χ3n) is 5.08. The number of fused-ring (bicyclic) bond motifs is 2. The lowest BCUT2D eigenvalue weighted by atomic mass is 9.82. The van der Waals surface area contributed by atoms with Gasteiger partial charge in [-0.1, -0.05) is 20.3 Å². The van der Waals surface area contributed by atoms with Gasteiger partial charge in [-0.15, -0.1) is 0 Å². The quantitative estimate of drug-likeness (QED) is 0.808. The third kappa shape index (κ3) is 3.29. The summed E-state index contributed by atoms with van der Waals surface area (Å²) in [6, 6.07) is 1.67. The van der Waals surface area contributed by atoms with Gasteiger partial charge in [0.1, 0.15) is 0 Å². The van der Waals surface area contributed by atoms with Crippen LogP contribution in [-0.2, 0) is 4.79 Å². The first kappa shape index (κ1) is 14.8. The van der Waals surface area contributed by atoms with Crippen LogP contribution in [0.25, 0.3) is 0 Å². The molecule has 0 aromatic carbocycles. The Kier molecular flexibility index (Phi) is 4.85. The molecular weight excluding hydrogens is 238 g/mol. The fourth-order valence-electron chi connectivity index (χ4n) is 3.72. The summed E-state index contributed by atoms with van der Waals surface area (Å²) in [5, 5.41) is 3.25. The maximum atomic E-state index is 12.3. The molecular formula is C15H29N3O. The second kappa shape index (κ2) is 6.23. The van der Waals surface area contributed by atoms with Crippen molar-refractivity contribution in [3.63, 3.8) is 0 Å². The molecule has 19 heavy (non-hydrogen) atoms. The number of nitrogens with two attached hydrogens (primary N) is 1. The average Bonchev–Trinajstić information content (AvgIpc) is 2.30. The van der Waals surface area contributed by atoms with Gasteiger partial charge in [0.15, 0.2) is 0 Å². The normalized spacial score (nSPS) is 33.2. The van der Waals surface area contributed by atoms with Crippen LogP contribution in [0.1, 0.15) is 46.0 Å². The molecule has 2 fully saturated rings. The van der Waals surface area contributed by atoms with E-state index in [0.29, 0.717) is 30.6 Å². The van der Waals surface area contributed by atoms with Gasteiger partial charge in [0.25, 0.3) is 0 Å². The van der Waals surface area contributed by atoms with Crippen LogP contribution in [0, 0.1) is 11.8 Å². The lowest BCUT2D eigenvalue weighted by Crippen LogP contribution is -2.56. The average molecular weight is 267 g/mol. The Morgan fingerprint density at radius 2 is 1.89 bits per heavy atom. The van der Waals surface area contributed by atoms with Gasteiger partial charge >= 0.3 is 0 Å². The largest absolute Gasteiger partial charge is 0.353 e. The van der Waals surface area contributed by atoms with Gasteiger partial charge in [0.2, 0.25) is 5.91 Å². The van der Waals surface area contributed by atoms with Gasteiger partial charge in [-0.25, -0.2) is 0 Å². The maximum Gasteiger partial charge on any atom is 0.224 e. The topological polar surface area (TPSA) is 58.4 Å². The predicted molar refractivity (Wildman–Crippen MR) is 77.7 cm³/mol. The molecule has 0 aromatic heterocycles. The fourth-order valence-corrected chi connectivity index (χ4v) is 3.72. The summed E-state index contributed by atoms with van der Waals surface area (Å²) in [4.78, 5) is 14.8. The van der Waals surface area contributed by atoms with E-state index in [1.165, 1.54) is 19.3 Å². The number of piperidine rings is 2. The van der Waals surface area contributed by atoms with Crippen molar-refractivity contribution in [3.8, 4) is 0 Å². The van der Waals surface area contributed by atoms with Crippen molar-refractivity contribution >= 4 is 5.91 Å². The SMILES string of the molecule is CC(C)C(CN)C(=O)NC1CC2CCCC(C1)N2C. The lowest BCUT2D eigenvalue weighted by Gasteiger charge is -2.47. The Labute approximate surface area is 117 Å². The second-order valence-corrected chi connectivity index (χ2v) is 6.67. The molecule has 0 aliphatic carbocycles. The van der Waals surface area contributed by atoms with E-state index in [1.807, 2.05) is 0 Å². The van der Waals surface area contributed by atoms with E-state index < -0.39 is 0 Å². The molecule has 3 unspecified atom stereocenters. The molecule has 2 bridgehead atoms. The van der Waals surface area contributed by atoms with Crippen LogP contribution in [0.5, 0.6) is 0 Å². The molecule has 2 saturated heterocycles. The minimum atomic E-state index is -0.0421. The maximum absolute atomic E-state index is 12.3. The first-order chi connectivity index (χ1) is 9.02. The monoisotopic (exact) mass is 267 g/mol. The molecule has 0 radical (unpaired) electrons. The van der Waals surface area contributed by atoms with Crippen molar-refractivity contribution in [1.29, 1.82) is 0 Å². The number of nitrogens with one attached hydrogen (secondary N) is 1. The number of hydrogen-bond acceptors (Lipinski definition) is 3. The van der Waals surface area contributed by atoms with Gasteiger partial charge in [-0.2, -0.15) is 0 Å². The molecule has 2 heterocycles.